The van der Waals surface area contributed by atoms with E-state index in [1.807, 2.05) is 18.2 Å². The molecule has 1 heterocycles. The highest BCUT2D eigenvalue weighted by atomic mass is 16.3. The lowest BCUT2D eigenvalue weighted by Crippen LogP contribution is -2.12. The van der Waals surface area contributed by atoms with Gasteiger partial charge >= 0.3 is 0 Å². The van der Waals surface area contributed by atoms with Gasteiger partial charge in [0.25, 0.3) is 0 Å². The Morgan fingerprint density at radius 2 is 1.32 bits per heavy atom. The normalized spacial score (nSPS) is 11.9. The highest BCUT2D eigenvalue weighted by Crippen LogP contribution is 2.33. The van der Waals surface area contributed by atoms with Crippen molar-refractivity contribution >= 4 is 33.1 Å². The average Bonchev–Trinajstić information content (AvgIpc) is 3.22. The van der Waals surface area contributed by atoms with Crippen LogP contribution >= 0.6 is 0 Å². The summed E-state index contributed by atoms with van der Waals surface area (Å²) in [5, 5.41) is 3.56. The maximum Gasteiger partial charge on any atom is 0.135 e. The molecule has 31 heavy (non-hydrogen) atoms. The van der Waals surface area contributed by atoms with Gasteiger partial charge in [0.2, 0.25) is 0 Å². The fraction of sp³-hybridized carbons (Fsp3) is 0.172. The fourth-order valence-corrected chi connectivity index (χ4v) is 4.05. The van der Waals surface area contributed by atoms with Gasteiger partial charge in [-0.1, -0.05) is 69.3 Å². The first-order chi connectivity index (χ1) is 14.9. The van der Waals surface area contributed by atoms with Crippen LogP contribution in [0.4, 0.5) is 11.4 Å². The Labute approximate surface area is 183 Å². The van der Waals surface area contributed by atoms with Crippen LogP contribution in [0.25, 0.3) is 33.1 Å². The molecular formula is C29H27NO. The van der Waals surface area contributed by atoms with Gasteiger partial charge in [0, 0.05) is 29.4 Å². The molecule has 0 amide bonds. The van der Waals surface area contributed by atoms with Gasteiger partial charge in [-0.2, -0.15) is 0 Å². The third kappa shape index (κ3) is 3.70. The van der Waals surface area contributed by atoms with E-state index >= 15 is 0 Å². The molecule has 0 unspecified atom stereocenters. The molecular weight excluding hydrogens is 378 g/mol. The first-order valence-electron chi connectivity index (χ1n) is 10.8. The summed E-state index contributed by atoms with van der Waals surface area (Å²) in [4.78, 5) is 2.24. The van der Waals surface area contributed by atoms with Crippen LogP contribution in [0.1, 0.15) is 26.3 Å². The van der Waals surface area contributed by atoms with Gasteiger partial charge in [-0.05, 0) is 64.2 Å². The minimum atomic E-state index is 0.164. The Hall–Kier alpha value is -3.52. The van der Waals surface area contributed by atoms with Crippen molar-refractivity contribution < 1.29 is 4.42 Å². The summed E-state index contributed by atoms with van der Waals surface area (Å²) in [6.07, 6.45) is 0. The summed E-state index contributed by atoms with van der Waals surface area (Å²) in [5.41, 5.74) is 5.90. The largest absolute Gasteiger partial charge is 0.456 e. The van der Waals surface area contributed by atoms with E-state index in [1.165, 1.54) is 27.7 Å². The molecule has 154 valence electrons. The molecule has 5 aromatic rings. The highest BCUT2D eigenvalue weighted by Gasteiger charge is 2.14. The van der Waals surface area contributed by atoms with E-state index < -0.39 is 0 Å². The molecule has 0 aliphatic heterocycles. The maximum absolute atomic E-state index is 6.05. The van der Waals surface area contributed by atoms with Gasteiger partial charge in [-0.15, -0.1) is 0 Å². The van der Waals surface area contributed by atoms with Gasteiger partial charge in [-0.3, -0.25) is 0 Å². The van der Waals surface area contributed by atoms with Crippen molar-refractivity contribution in [2.45, 2.75) is 26.2 Å². The molecule has 0 radical (unpaired) electrons. The molecule has 0 atom stereocenters. The van der Waals surface area contributed by atoms with Crippen LogP contribution in [0.3, 0.4) is 0 Å². The zero-order valence-electron chi connectivity index (χ0n) is 18.5. The van der Waals surface area contributed by atoms with E-state index in [1.54, 1.807) is 0 Å². The molecule has 2 nitrogen and oxygen atoms in total. The molecule has 0 aliphatic carbocycles. The number of fused-ring (bicyclic) bond motifs is 2. The lowest BCUT2D eigenvalue weighted by molar-refractivity contribution is 0.590. The number of anilines is 2. The summed E-state index contributed by atoms with van der Waals surface area (Å²) in [7, 11) is 2.12. The van der Waals surface area contributed by atoms with Gasteiger partial charge in [0.15, 0.2) is 0 Å². The first-order valence-corrected chi connectivity index (χ1v) is 10.8. The van der Waals surface area contributed by atoms with Crippen molar-refractivity contribution in [2.24, 2.45) is 0 Å². The summed E-state index contributed by atoms with van der Waals surface area (Å²) in [6.45, 7) is 6.73. The molecule has 0 N–H and O–H groups in total. The van der Waals surface area contributed by atoms with Gasteiger partial charge in [-0.25, -0.2) is 0 Å². The van der Waals surface area contributed by atoms with E-state index in [0.29, 0.717) is 0 Å². The molecule has 0 fully saturated rings. The van der Waals surface area contributed by atoms with E-state index in [9.17, 15) is 0 Å². The average molecular weight is 406 g/mol. The minimum Gasteiger partial charge on any atom is -0.456 e. The van der Waals surface area contributed by atoms with Crippen LogP contribution in [0.15, 0.2) is 95.4 Å². The first kappa shape index (κ1) is 19.4. The smallest absolute Gasteiger partial charge is 0.135 e. The van der Waals surface area contributed by atoms with Crippen LogP contribution in [-0.4, -0.2) is 7.05 Å². The minimum absolute atomic E-state index is 0.164. The van der Waals surface area contributed by atoms with Crippen molar-refractivity contribution in [2.75, 3.05) is 11.9 Å². The SMILES string of the molecule is CN(c1ccc(C(C)(C)C)cc1)c1ccc2cc(-c3cc4ccccc4o3)ccc2c1. The molecule has 4 aromatic carbocycles. The number of para-hydroxylation sites is 1. The Bertz CT molecular complexity index is 1340. The molecule has 0 bridgehead atoms. The second-order valence-corrected chi connectivity index (χ2v) is 9.25. The summed E-state index contributed by atoms with van der Waals surface area (Å²) in [6, 6.07) is 32.3. The molecule has 5 rings (SSSR count). The number of benzene rings is 4. The Kier molecular flexibility index (Phi) is 4.59. The van der Waals surface area contributed by atoms with Gasteiger partial charge in [0.1, 0.15) is 11.3 Å². The molecule has 1 aromatic heterocycles. The number of nitrogens with zero attached hydrogens (tertiary/aromatic N) is 1. The second-order valence-electron chi connectivity index (χ2n) is 9.25. The van der Waals surface area contributed by atoms with Crippen LogP contribution in [0, 0.1) is 0 Å². The summed E-state index contributed by atoms with van der Waals surface area (Å²) in [5.74, 6) is 0.906. The van der Waals surface area contributed by atoms with Crippen LogP contribution in [0.5, 0.6) is 0 Å². The number of rotatable bonds is 3. The molecule has 0 aliphatic rings. The van der Waals surface area contributed by atoms with E-state index in [-0.39, 0.29) is 5.41 Å². The van der Waals surface area contributed by atoms with E-state index in [0.717, 1.165) is 22.3 Å². The van der Waals surface area contributed by atoms with E-state index in [4.69, 9.17) is 4.42 Å². The highest BCUT2D eigenvalue weighted by molar-refractivity contribution is 5.91. The summed E-state index contributed by atoms with van der Waals surface area (Å²) >= 11 is 0. The van der Waals surface area contributed by atoms with Crippen LogP contribution < -0.4 is 4.90 Å². The zero-order chi connectivity index (χ0) is 21.6. The molecule has 2 heteroatoms. The van der Waals surface area contributed by atoms with Crippen molar-refractivity contribution in [3.63, 3.8) is 0 Å². The maximum atomic E-state index is 6.05. The van der Waals surface area contributed by atoms with Crippen LogP contribution in [0.2, 0.25) is 0 Å². The van der Waals surface area contributed by atoms with Crippen molar-refractivity contribution in [1.82, 2.24) is 0 Å². The second kappa shape index (κ2) is 7.31. The molecule has 0 spiro atoms. The standard InChI is InChI=1S/C29H27NO/c1-29(2,3)24-12-15-25(16-13-24)30(4)26-14-11-20-17-23(10-9-21(20)18-26)28-19-22-7-5-6-8-27(22)31-28/h5-19H,1-4H3. The number of hydrogen-bond donors (Lipinski definition) is 0. The lowest BCUT2D eigenvalue weighted by Gasteiger charge is -2.23. The third-order valence-corrected chi connectivity index (χ3v) is 6.04. The van der Waals surface area contributed by atoms with Crippen molar-refractivity contribution in [3.05, 3.63) is 96.6 Å². The predicted molar refractivity (Wildman–Crippen MR) is 132 cm³/mol. The van der Waals surface area contributed by atoms with Gasteiger partial charge < -0.3 is 9.32 Å². The molecule has 0 saturated heterocycles. The Morgan fingerprint density at radius 3 is 2.06 bits per heavy atom. The zero-order valence-corrected chi connectivity index (χ0v) is 18.5. The topological polar surface area (TPSA) is 16.4 Å². The molecule has 0 saturated carbocycles. The Morgan fingerprint density at radius 1 is 0.645 bits per heavy atom. The third-order valence-electron chi connectivity index (χ3n) is 6.04. The predicted octanol–water partition coefficient (Wildman–Crippen LogP) is 8.32. The monoisotopic (exact) mass is 405 g/mol. The quantitative estimate of drug-likeness (QED) is 0.300. The van der Waals surface area contributed by atoms with Gasteiger partial charge in [0.05, 0.1) is 0 Å². The van der Waals surface area contributed by atoms with Crippen molar-refractivity contribution in [3.8, 4) is 11.3 Å². The Balaban J connectivity index is 1.45. The lowest BCUT2D eigenvalue weighted by atomic mass is 9.87. The van der Waals surface area contributed by atoms with Crippen molar-refractivity contribution in [1.29, 1.82) is 0 Å². The fourth-order valence-electron chi connectivity index (χ4n) is 4.05. The van der Waals surface area contributed by atoms with Crippen LogP contribution in [-0.2, 0) is 5.41 Å². The number of furan rings is 1. The summed E-state index contributed by atoms with van der Waals surface area (Å²) < 4.78 is 6.05. The van der Waals surface area contributed by atoms with E-state index in [2.05, 4.69) is 106 Å². The number of hydrogen-bond acceptors (Lipinski definition) is 2.